The Morgan fingerprint density at radius 2 is 1.74 bits per heavy atom. The summed E-state index contributed by atoms with van der Waals surface area (Å²) >= 11 is 6.05. The molecule has 0 radical (unpaired) electrons. The molecule has 1 aliphatic rings. The first-order valence-electron chi connectivity index (χ1n) is 11.3. The Bertz CT molecular complexity index is 1250. The molecule has 3 aromatic carbocycles. The van der Waals surface area contributed by atoms with Gasteiger partial charge in [-0.2, -0.15) is 0 Å². The van der Waals surface area contributed by atoms with Crippen LogP contribution in [0, 0.1) is 5.92 Å². The van der Waals surface area contributed by atoms with Crippen molar-refractivity contribution in [2.75, 3.05) is 23.1 Å². The van der Waals surface area contributed by atoms with Crippen molar-refractivity contribution in [3.8, 4) is 0 Å². The van der Waals surface area contributed by atoms with E-state index in [1.807, 2.05) is 24.3 Å². The molecule has 8 heteroatoms. The van der Waals surface area contributed by atoms with Crippen LogP contribution in [0.1, 0.15) is 35.7 Å². The highest BCUT2D eigenvalue weighted by atomic mass is 35.5. The van der Waals surface area contributed by atoms with Crippen LogP contribution < -0.4 is 10.0 Å². The fourth-order valence-electron chi connectivity index (χ4n) is 4.12. The lowest BCUT2D eigenvalue weighted by Crippen LogP contribution is -2.33. The number of halogens is 1. The zero-order valence-corrected chi connectivity index (χ0v) is 20.6. The highest BCUT2D eigenvalue weighted by molar-refractivity contribution is 7.92. The minimum atomic E-state index is -3.80. The number of nitrogens with one attached hydrogen (secondary N) is 2. The highest BCUT2D eigenvalue weighted by Crippen LogP contribution is 2.25. The van der Waals surface area contributed by atoms with Gasteiger partial charge in [0.1, 0.15) is 0 Å². The molecule has 6 nitrogen and oxygen atoms in total. The molecule has 4 rings (SSSR count). The first-order chi connectivity index (χ1) is 16.3. The maximum Gasteiger partial charge on any atom is 0.261 e. The summed E-state index contributed by atoms with van der Waals surface area (Å²) in [6.07, 6.45) is 2.53. The first-order valence-corrected chi connectivity index (χ1v) is 13.2. The summed E-state index contributed by atoms with van der Waals surface area (Å²) in [5.74, 6) is 0.482. The van der Waals surface area contributed by atoms with Crippen molar-refractivity contribution >= 4 is 38.9 Å². The van der Waals surface area contributed by atoms with Gasteiger partial charge in [-0.05, 0) is 79.4 Å². The minimum absolute atomic E-state index is 0.0711. The third-order valence-corrected chi connectivity index (χ3v) is 7.62. The van der Waals surface area contributed by atoms with Gasteiger partial charge in [0.2, 0.25) is 0 Å². The fourth-order valence-corrected chi connectivity index (χ4v) is 5.44. The average Bonchev–Trinajstić information content (AvgIpc) is 2.81. The monoisotopic (exact) mass is 497 g/mol. The molecule has 1 heterocycles. The number of likely N-dealkylation sites (tertiary alicyclic amines) is 1. The topological polar surface area (TPSA) is 78.5 Å². The van der Waals surface area contributed by atoms with Crippen LogP contribution in [-0.2, 0) is 16.6 Å². The van der Waals surface area contributed by atoms with Crippen molar-refractivity contribution < 1.29 is 13.2 Å². The van der Waals surface area contributed by atoms with E-state index in [0.717, 1.165) is 25.6 Å². The number of rotatable bonds is 7. The number of nitrogens with zero attached hydrogens (tertiary/aromatic N) is 1. The summed E-state index contributed by atoms with van der Waals surface area (Å²) in [7, 11) is -3.80. The molecule has 0 aromatic heterocycles. The van der Waals surface area contributed by atoms with Gasteiger partial charge >= 0.3 is 0 Å². The summed E-state index contributed by atoms with van der Waals surface area (Å²) < 4.78 is 27.8. The molecule has 1 atom stereocenters. The zero-order chi connectivity index (χ0) is 24.1. The van der Waals surface area contributed by atoms with Crippen LogP contribution in [0.15, 0.2) is 77.7 Å². The third kappa shape index (κ3) is 6.17. The van der Waals surface area contributed by atoms with E-state index in [0.29, 0.717) is 22.0 Å². The van der Waals surface area contributed by atoms with Gasteiger partial charge in [-0.15, -0.1) is 0 Å². The molecule has 0 saturated carbocycles. The SMILES string of the molecule is C[C@H]1CCCN(Cc2ccc(C(=O)Nc3ccc(S(=O)(=O)Nc4ccccc4Cl)cc3)cc2)C1. The number of amides is 1. The van der Waals surface area contributed by atoms with Gasteiger partial charge in [-0.1, -0.05) is 42.8 Å². The first kappa shape index (κ1) is 24.3. The Kier molecular flexibility index (Phi) is 7.56. The third-order valence-electron chi connectivity index (χ3n) is 5.90. The molecule has 0 unspecified atom stereocenters. The number of carbonyl (C=O) groups is 1. The summed E-state index contributed by atoms with van der Waals surface area (Å²) in [6, 6.07) is 20.3. The second kappa shape index (κ2) is 10.6. The van der Waals surface area contributed by atoms with E-state index in [4.69, 9.17) is 11.6 Å². The molecule has 2 N–H and O–H groups in total. The molecule has 34 heavy (non-hydrogen) atoms. The molecule has 1 saturated heterocycles. The predicted molar refractivity (Wildman–Crippen MR) is 137 cm³/mol. The van der Waals surface area contributed by atoms with E-state index in [2.05, 4.69) is 21.9 Å². The predicted octanol–water partition coefficient (Wildman–Crippen LogP) is 5.63. The largest absolute Gasteiger partial charge is 0.322 e. The van der Waals surface area contributed by atoms with Gasteiger partial charge in [-0.3, -0.25) is 14.4 Å². The number of sulfonamides is 1. The zero-order valence-electron chi connectivity index (χ0n) is 19.0. The maximum atomic E-state index is 12.7. The number of anilines is 2. The molecule has 0 bridgehead atoms. The normalized spacial score (nSPS) is 16.7. The second-order valence-electron chi connectivity index (χ2n) is 8.74. The Hall–Kier alpha value is -2.87. The standard InChI is InChI=1S/C26H28ClN3O3S/c1-19-5-4-16-30(17-19)18-20-8-10-21(11-9-20)26(31)28-22-12-14-23(15-13-22)34(32,33)29-25-7-3-2-6-24(25)27/h2-3,6-15,19,29H,4-5,16-18H2,1H3,(H,28,31)/t19-/m0/s1. The van der Waals surface area contributed by atoms with Crippen molar-refractivity contribution in [3.63, 3.8) is 0 Å². The van der Waals surface area contributed by atoms with Crippen LogP contribution in [0.3, 0.4) is 0 Å². The molecule has 178 valence electrons. The quantitative estimate of drug-likeness (QED) is 0.443. The lowest BCUT2D eigenvalue weighted by molar-refractivity contribution is 0.102. The molecule has 3 aromatic rings. The summed E-state index contributed by atoms with van der Waals surface area (Å²) in [6.45, 7) is 5.41. The summed E-state index contributed by atoms with van der Waals surface area (Å²) in [4.78, 5) is 15.2. The Morgan fingerprint density at radius 1 is 1.03 bits per heavy atom. The Morgan fingerprint density at radius 3 is 2.41 bits per heavy atom. The molecule has 0 spiro atoms. The van der Waals surface area contributed by atoms with Crippen molar-refractivity contribution in [1.82, 2.24) is 4.90 Å². The molecule has 1 fully saturated rings. The minimum Gasteiger partial charge on any atom is -0.322 e. The number of para-hydroxylation sites is 1. The van der Waals surface area contributed by atoms with E-state index >= 15 is 0 Å². The Labute approximate surface area is 206 Å². The van der Waals surface area contributed by atoms with Gasteiger partial charge in [0.25, 0.3) is 15.9 Å². The second-order valence-corrected chi connectivity index (χ2v) is 10.8. The van der Waals surface area contributed by atoms with E-state index < -0.39 is 10.0 Å². The van der Waals surface area contributed by atoms with E-state index in [-0.39, 0.29) is 10.8 Å². The number of hydrogen-bond donors (Lipinski definition) is 2. The van der Waals surface area contributed by atoms with Crippen LogP contribution in [0.2, 0.25) is 5.02 Å². The van der Waals surface area contributed by atoms with Crippen molar-refractivity contribution in [3.05, 3.63) is 88.9 Å². The number of carbonyl (C=O) groups excluding carboxylic acids is 1. The van der Waals surface area contributed by atoms with Crippen LogP contribution in [0.25, 0.3) is 0 Å². The van der Waals surface area contributed by atoms with Crippen LogP contribution in [0.5, 0.6) is 0 Å². The lowest BCUT2D eigenvalue weighted by Gasteiger charge is -2.30. The molecule has 1 amide bonds. The average molecular weight is 498 g/mol. The van der Waals surface area contributed by atoms with Gasteiger partial charge in [0.15, 0.2) is 0 Å². The Balaban J connectivity index is 1.36. The van der Waals surface area contributed by atoms with Crippen molar-refractivity contribution in [2.45, 2.75) is 31.2 Å². The van der Waals surface area contributed by atoms with Crippen LogP contribution >= 0.6 is 11.6 Å². The van der Waals surface area contributed by atoms with Gasteiger partial charge in [0.05, 0.1) is 15.6 Å². The van der Waals surface area contributed by atoms with Gasteiger partial charge < -0.3 is 5.32 Å². The molecule has 0 aliphatic carbocycles. The van der Waals surface area contributed by atoms with E-state index in [1.165, 1.54) is 30.5 Å². The van der Waals surface area contributed by atoms with Gasteiger partial charge in [0, 0.05) is 24.3 Å². The van der Waals surface area contributed by atoms with Crippen LogP contribution in [0.4, 0.5) is 11.4 Å². The van der Waals surface area contributed by atoms with Crippen molar-refractivity contribution in [2.24, 2.45) is 5.92 Å². The fraction of sp³-hybridized carbons (Fsp3) is 0.269. The molecular weight excluding hydrogens is 470 g/mol. The molecule has 1 aliphatic heterocycles. The van der Waals surface area contributed by atoms with Gasteiger partial charge in [-0.25, -0.2) is 8.42 Å². The van der Waals surface area contributed by atoms with Crippen molar-refractivity contribution in [1.29, 1.82) is 0 Å². The smallest absolute Gasteiger partial charge is 0.261 e. The lowest BCUT2D eigenvalue weighted by atomic mass is 9.99. The number of benzene rings is 3. The van der Waals surface area contributed by atoms with E-state index in [1.54, 1.807) is 36.4 Å². The number of hydrogen-bond acceptors (Lipinski definition) is 4. The summed E-state index contributed by atoms with van der Waals surface area (Å²) in [5.41, 5.74) is 2.55. The molecular formula is C26H28ClN3O3S. The highest BCUT2D eigenvalue weighted by Gasteiger charge is 2.17. The summed E-state index contributed by atoms with van der Waals surface area (Å²) in [5, 5.41) is 3.13. The van der Waals surface area contributed by atoms with E-state index in [9.17, 15) is 13.2 Å². The maximum absolute atomic E-state index is 12.7. The number of piperidine rings is 1. The van der Waals surface area contributed by atoms with Crippen LogP contribution in [-0.4, -0.2) is 32.3 Å².